The van der Waals surface area contributed by atoms with Crippen LogP contribution in [-0.2, 0) is 6.54 Å². The van der Waals surface area contributed by atoms with Crippen LogP contribution in [-0.4, -0.2) is 35.6 Å². The second-order valence-corrected chi connectivity index (χ2v) is 4.31. The van der Waals surface area contributed by atoms with Gasteiger partial charge >= 0.3 is 0 Å². The van der Waals surface area contributed by atoms with E-state index in [9.17, 15) is 0 Å². The molecule has 0 unspecified atom stereocenters. The number of aromatic nitrogens is 1. The van der Waals surface area contributed by atoms with Crippen molar-refractivity contribution in [3.05, 3.63) is 24.0 Å². The van der Waals surface area contributed by atoms with Gasteiger partial charge in [-0.2, -0.15) is 5.26 Å². The number of hydrogen-bond acceptors (Lipinski definition) is 3. The van der Waals surface area contributed by atoms with E-state index in [2.05, 4.69) is 27.3 Å². The van der Waals surface area contributed by atoms with Crippen molar-refractivity contribution in [1.82, 2.24) is 15.2 Å². The standard InChI is InChI=1S/C12H18N4/c13-4-8-16-6-2-12(3-7-16)15-10-11-1-5-14-9-11/h1,5,9,12,14-15H,2-3,6-8,10H2. The lowest BCUT2D eigenvalue weighted by Crippen LogP contribution is -2.42. The first kappa shape index (κ1) is 11.2. The molecule has 4 heteroatoms. The molecule has 0 bridgehead atoms. The Morgan fingerprint density at radius 3 is 2.94 bits per heavy atom. The maximum absolute atomic E-state index is 8.60. The van der Waals surface area contributed by atoms with Crippen molar-refractivity contribution >= 4 is 0 Å². The van der Waals surface area contributed by atoms with Crippen LogP contribution in [0.4, 0.5) is 0 Å². The molecule has 1 fully saturated rings. The fraction of sp³-hybridized carbons (Fsp3) is 0.583. The summed E-state index contributed by atoms with van der Waals surface area (Å²) in [6.07, 6.45) is 6.27. The zero-order valence-corrected chi connectivity index (χ0v) is 9.45. The number of nitrogens with zero attached hydrogens (tertiary/aromatic N) is 2. The minimum atomic E-state index is 0.574. The van der Waals surface area contributed by atoms with Gasteiger partial charge in [-0.15, -0.1) is 0 Å². The van der Waals surface area contributed by atoms with Gasteiger partial charge in [0, 0.05) is 38.1 Å². The maximum Gasteiger partial charge on any atom is 0.0866 e. The molecule has 86 valence electrons. The van der Waals surface area contributed by atoms with Gasteiger partial charge in [0.1, 0.15) is 0 Å². The monoisotopic (exact) mass is 218 g/mol. The summed E-state index contributed by atoms with van der Waals surface area (Å²) in [6, 6.07) is 4.90. The van der Waals surface area contributed by atoms with Crippen LogP contribution in [0.25, 0.3) is 0 Å². The molecule has 2 N–H and O–H groups in total. The van der Waals surface area contributed by atoms with Gasteiger partial charge in [0.15, 0.2) is 0 Å². The summed E-state index contributed by atoms with van der Waals surface area (Å²) < 4.78 is 0. The zero-order chi connectivity index (χ0) is 11.2. The van der Waals surface area contributed by atoms with Gasteiger partial charge in [-0.25, -0.2) is 0 Å². The summed E-state index contributed by atoms with van der Waals surface area (Å²) in [6.45, 7) is 3.59. The molecule has 0 aromatic carbocycles. The van der Waals surface area contributed by atoms with Crippen molar-refractivity contribution in [2.75, 3.05) is 19.6 Å². The second-order valence-electron chi connectivity index (χ2n) is 4.31. The summed E-state index contributed by atoms with van der Waals surface area (Å²) in [5.41, 5.74) is 1.31. The molecule has 2 rings (SSSR count). The van der Waals surface area contributed by atoms with Crippen LogP contribution in [0, 0.1) is 11.3 Å². The van der Waals surface area contributed by atoms with E-state index in [0.717, 1.165) is 32.5 Å². The molecule has 0 spiro atoms. The normalized spacial score (nSPS) is 18.4. The number of aromatic amines is 1. The summed E-state index contributed by atoms with van der Waals surface area (Å²) in [4.78, 5) is 5.27. The predicted octanol–water partition coefficient (Wildman–Crippen LogP) is 1.09. The largest absolute Gasteiger partial charge is 0.367 e. The van der Waals surface area contributed by atoms with E-state index in [-0.39, 0.29) is 0 Å². The summed E-state index contributed by atoms with van der Waals surface area (Å²) in [5.74, 6) is 0. The highest BCUT2D eigenvalue weighted by Gasteiger charge is 2.17. The first-order chi connectivity index (χ1) is 7.88. The highest BCUT2D eigenvalue weighted by molar-refractivity contribution is 5.07. The summed E-state index contributed by atoms with van der Waals surface area (Å²) in [5, 5.41) is 12.2. The fourth-order valence-electron chi connectivity index (χ4n) is 2.13. The van der Waals surface area contributed by atoms with Gasteiger partial charge in [-0.3, -0.25) is 4.90 Å². The van der Waals surface area contributed by atoms with Crippen LogP contribution in [0.3, 0.4) is 0 Å². The lowest BCUT2D eigenvalue weighted by Gasteiger charge is -2.30. The van der Waals surface area contributed by atoms with Crippen molar-refractivity contribution in [3.63, 3.8) is 0 Å². The molecule has 1 aliphatic heterocycles. The van der Waals surface area contributed by atoms with E-state index in [1.54, 1.807) is 0 Å². The number of H-pyrrole nitrogens is 1. The molecule has 0 amide bonds. The third-order valence-electron chi connectivity index (χ3n) is 3.14. The topological polar surface area (TPSA) is 54.9 Å². The highest BCUT2D eigenvalue weighted by atomic mass is 15.1. The number of hydrogen-bond donors (Lipinski definition) is 2. The van der Waals surface area contributed by atoms with E-state index in [1.807, 2.05) is 12.4 Å². The Morgan fingerprint density at radius 1 is 1.50 bits per heavy atom. The van der Waals surface area contributed by atoms with Crippen molar-refractivity contribution in [2.45, 2.75) is 25.4 Å². The molecular formula is C12H18N4. The van der Waals surface area contributed by atoms with Crippen molar-refractivity contribution in [1.29, 1.82) is 5.26 Å². The van der Waals surface area contributed by atoms with Crippen LogP contribution in [0.5, 0.6) is 0 Å². The van der Waals surface area contributed by atoms with Crippen molar-refractivity contribution in [2.24, 2.45) is 0 Å². The average molecular weight is 218 g/mol. The van der Waals surface area contributed by atoms with Gasteiger partial charge in [-0.05, 0) is 24.5 Å². The number of nitriles is 1. The number of piperidine rings is 1. The molecule has 1 aliphatic rings. The molecule has 1 aromatic heterocycles. The minimum absolute atomic E-state index is 0.574. The Morgan fingerprint density at radius 2 is 2.31 bits per heavy atom. The molecule has 2 heterocycles. The van der Waals surface area contributed by atoms with Crippen LogP contribution in [0.1, 0.15) is 18.4 Å². The average Bonchev–Trinajstić information content (AvgIpc) is 2.82. The Hall–Kier alpha value is -1.31. The third kappa shape index (κ3) is 3.09. The van der Waals surface area contributed by atoms with Gasteiger partial charge in [0.25, 0.3) is 0 Å². The third-order valence-corrected chi connectivity index (χ3v) is 3.14. The van der Waals surface area contributed by atoms with E-state index in [1.165, 1.54) is 5.56 Å². The van der Waals surface area contributed by atoms with E-state index >= 15 is 0 Å². The molecular weight excluding hydrogens is 200 g/mol. The second kappa shape index (κ2) is 5.69. The van der Waals surface area contributed by atoms with Gasteiger partial charge in [0.05, 0.1) is 12.6 Å². The maximum atomic E-state index is 8.60. The predicted molar refractivity (Wildman–Crippen MR) is 62.7 cm³/mol. The number of nitrogens with one attached hydrogen (secondary N) is 2. The first-order valence-corrected chi connectivity index (χ1v) is 5.83. The van der Waals surface area contributed by atoms with Crippen LogP contribution in [0.15, 0.2) is 18.5 Å². The van der Waals surface area contributed by atoms with Gasteiger partial charge < -0.3 is 10.3 Å². The summed E-state index contributed by atoms with van der Waals surface area (Å²) >= 11 is 0. The van der Waals surface area contributed by atoms with E-state index in [0.29, 0.717) is 12.6 Å². The fourth-order valence-corrected chi connectivity index (χ4v) is 2.13. The van der Waals surface area contributed by atoms with E-state index in [4.69, 9.17) is 5.26 Å². The SMILES string of the molecule is N#CCN1CCC(NCc2cc[nH]c2)CC1. The molecule has 0 atom stereocenters. The Kier molecular flexibility index (Phi) is 3.97. The lowest BCUT2D eigenvalue weighted by atomic mass is 10.0. The van der Waals surface area contributed by atoms with Crippen LogP contribution in [0.2, 0.25) is 0 Å². The van der Waals surface area contributed by atoms with Crippen LogP contribution < -0.4 is 5.32 Å². The van der Waals surface area contributed by atoms with E-state index < -0.39 is 0 Å². The zero-order valence-electron chi connectivity index (χ0n) is 9.45. The summed E-state index contributed by atoms with van der Waals surface area (Å²) in [7, 11) is 0. The van der Waals surface area contributed by atoms with Gasteiger partial charge in [0.2, 0.25) is 0 Å². The first-order valence-electron chi connectivity index (χ1n) is 5.83. The molecule has 0 saturated carbocycles. The minimum Gasteiger partial charge on any atom is -0.367 e. The Bertz CT molecular complexity index is 330. The quantitative estimate of drug-likeness (QED) is 0.744. The Balaban J connectivity index is 1.68. The highest BCUT2D eigenvalue weighted by Crippen LogP contribution is 2.10. The molecule has 0 radical (unpaired) electrons. The lowest BCUT2D eigenvalue weighted by molar-refractivity contribution is 0.216. The molecule has 1 aromatic rings. The molecule has 16 heavy (non-hydrogen) atoms. The molecule has 1 saturated heterocycles. The number of likely N-dealkylation sites (tertiary alicyclic amines) is 1. The van der Waals surface area contributed by atoms with Crippen LogP contribution >= 0.6 is 0 Å². The smallest absolute Gasteiger partial charge is 0.0866 e. The molecule has 4 nitrogen and oxygen atoms in total. The molecule has 0 aliphatic carbocycles. The van der Waals surface area contributed by atoms with Crippen molar-refractivity contribution < 1.29 is 0 Å². The van der Waals surface area contributed by atoms with Gasteiger partial charge in [-0.1, -0.05) is 0 Å². The van der Waals surface area contributed by atoms with Crippen molar-refractivity contribution in [3.8, 4) is 6.07 Å². The Labute approximate surface area is 96.3 Å². The number of rotatable bonds is 4.